The van der Waals surface area contributed by atoms with Gasteiger partial charge in [-0.15, -0.1) is 0 Å². The molecule has 3 heteroatoms. The SMILES string of the molecule is C\C=C/C=C(/C=C\C=C(C)\C=C/C)CC(N)=NCCc1ccc(Cl)cc1. The maximum Gasteiger partial charge on any atom is 0.0981 e. The van der Waals surface area contributed by atoms with Gasteiger partial charge in [-0.1, -0.05) is 77.9 Å². The predicted molar refractivity (Wildman–Crippen MR) is 117 cm³/mol. The van der Waals surface area contributed by atoms with E-state index in [1.165, 1.54) is 11.1 Å². The van der Waals surface area contributed by atoms with E-state index in [1.807, 2.05) is 62.4 Å². The first-order valence-corrected chi connectivity index (χ1v) is 9.25. The van der Waals surface area contributed by atoms with Gasteiger partial charge in [0.25, 0.3) is 0 Å². The van der Waals surface area contributed by atoms with Gasteiger partial charge in [0.15, 0.2) is 0 Å². The predicted octanol–water partition coefficient (Wildman–Crippen LogP) is 6.21. The van der Waals surface area contributed by atoms with E-state index < -0.39 is 0 Å². The van der Waals surface area contributed by atoms with Crippen LogP contribution in [0.3, 0.4) is 0 Å². The van der Waals surface area contributed by atoms with Crippen molar-refractivity contribution in [2.24, 2.45) is 10.7 Å². The molecule has 0 amide bonds. The Hall–Kier alpha value is -2.32. The minimum Gasteiger partial charge on any atom is -0.387 e. The smallest absolute Gasteiger partial charge is 0.0981 e. The fourth-order valence-electron chi connectivity index (χ4n) is 2.28. The molecule has 1 aromatic carbocycles. The minimum absolute atomic E-state index is 0.637. The first kappa shape index (κ1) is 21.7. The monoisotopic (exact) mass is 368 g/mol. The van der Waals surface area contributed by atoms with Crippen LogP contribution in [0, 0.1) is 0 Å². The average Bonchev–Trinajstić information content (AvgIpc) is 2.61. The summed E-state index contributed by atoms with van der Waals surface area (Å²) in [5, 5.41) is 0.751. The number of aliphatic imine (C=N–C) groups is 1. The molecule has 0 spiro atoms. The Bertz CT molecular complexity index is 717. The van der Waals surface area contributed by atoms with Crippen LogP contribution in [0.4, 0.5) is 0 Å². The third-order valence-corrected chi connectivity index (χ3v) is 3.87. The summed E-state index contributed by atoms with van der Waals surface area (Å²) in [4.78, 5) is 4.50. The summed E-state index contributed by atoms with van der Waals surface area (Å²) in [5.74, 6) is 0.647. The molecule has 2 N–H and O–H groups in total. The second kappa shape index (κ2) is 13.0. The molecule has 0 aliphatic rings. The Morgan fingerprint density at radius 3 is 2.42 bits per heavy atom. The lowest BCUT2D eigenvalue weighted by atomic mass is 10.1. The summed E-state index contributed by atoms with van der Waals surface area (Å²) in [7, 11) is 0. The van der Waals surface area contributed by atoms with Crippen molar-refractivity contribution in [3.05, 3.63) is 94.6 Å². The first-order valence-electron chi connectivity index (χ1n) is 8.88. The maximum absolute atomic E-state index is 6.12. The van der Waals surface area contributed by atoms with Gasteiger partial charge < -0.3 is 5.73 Å². The maximum atomic E-state index is 6.12. The molecular weight excluding hydrogens is 340 g/mol. The van der Waals surface area contributed by atoms with E-state index in [4.69, 9.17) is 17.3 Å². The number of halogens is 1. The molecule has 2 nitrogen and oxygen atoms in total. The van der Waals surface area contributed by atoms with Gasteiger partial charge in [0.05, 0.1) is 5.84 Å². The molecule has 0 heterocycles. The number of allylic oxidation sites excluding steroid dienone is 9. The third-order valence-electron chi connectivity index (χ3n) is 3.62. The van der Waals surface area contributed by atoms with Gasteiger partial charge in [0.1, 0.15) is 0 Å². The lowest BCUT2D eigenvalue weighted by Gasteiger charge is -2.03. The number of hydrogen-bond acceptors (Lipinski definition) is 1. The number of rotatable bonds is 9. The van der Waals surface area contributed by atoms with Crippen LogP contribution >= 0.6 is 11.6 Å². The van der Waals surface area contributed by atoms with Crippen LogP contribution in [0.1, 0.15) is 32.8 Å². The topological polar surface area (TPSA) is 38.4 Å². The van der Waals surface area contributed by atoms with Gasteiger partial charge in [0, 0.05) is 18.0 Å². The summed E-state index contributed by atoms with van der Waals surface area (Å²) in [6.07, 6.45) is 17.9. The van der Waals surface area contributed by atoms with Crippen molar-refractivity contribution in [1.29, 1.82) is 0 Å². The van der Waals surface area contributed by atoms with Crippen LogP contribution in [0.5, 0.6) is 0 Å². The molecule has 0 bridgehead atoms. The standard InChI is InChI=1S/C23H29ClN2/c1-4-6-10-21(11-7-9-19(3)8-5-2)18-23(25)26-17-16-20-12-14-22(24)15-13-20/h4-15H,16-18H2,1-3H3,(H2,25,26)/b6-4-,8-5-,11-7-,19-9+,21-10-. The Morgan fingerprint density at radius 1 is 1.04 bits per heavy atom. The quantitative estimate of drug-likeness (QED) is 0.314. The fourth-order valence-corrected chi connectivity index (χ4v) is 2.41. The van der Waals surface area contributed by atoms with Crippen molar-refractivity contribution >= 4 is 17.4 Å². The van der Waals surface area contributed by atoms with E-state index in [9.17, 15) is 0 Å². The number of nitrogens with two attached hydrogens (primary N) is 1. The number of hydrogen-bond donors (Lipinski definition) is 1. The Kier molecular flexibility index (Phi) is 10.8. The lowest BCUT2D eigenvalue weighted by Crippen LogP contribution is -2.13. The summed E-state index contributed by atoms with van der Waals surface area (Å²) in [5.41, 5.74) is 9.66. The van der Waals surface area contributed by atoms with Crippen molar-refractivity contribution < 1.29 is 0 Å². The zero-order valence-electron chi connectivity index (χ0n) is 16.0. The molecule has 138 valence electrons. The first-order chi connectivity index (χ1) is 12.5. The molecule has 0 aliphatic heterocycles. The van der Waals surface area contributed by atoms with Gasteiger partial charge in [-0.2, -0.15) is 0 Å². The Balaban J connectivity index is 2.66. The molecule has 0 saturated carbocycles. The molecular formula is C23H29ClN2. The van der Waals surface area contributed by atoms with Crippen LogP contribution in [0.2, 0.25) is 5.02 Å². The summed E-state index contributed by atoms with van der Waals surface area (Å²) in [6.45, 7) is 6.76. The van der Waals surface area contributed by atoms with Crippen molar-refractivity contribution in [3.63, 3.8) is 0 Å². The van der Waals surface area contributed by atoms with Gasteiger partial charge in [-0.25, -0.2) is 0 Å². The molecule has 26 heavy (non-hydrogen) atoms. The summed E-state index contributed by atoms with van der Waals surface area (Å²) < 4.78 is 0. The number of nitrogens with zero attached hydrogens (tertiary/aromatic N) is 1. The van der Waals surface area contributed by atoms with Crippen LogP contribution in [0.25, 0.3) is 0 Å². The minimum atomic E-state index is 0.637. The Labute approximate surface area is 163 Å². The van der Waals surface area contributed by atoms with E-state index in [0.29, 0.717) is 18.8 Å². The van der Waals surface area contributed by atoms with Crippen molar-refractivity contribution in [1.82, 2.24) is 0 Å². The zero-order chi connectivity index (χ0) is 19.2. The second-order valence-corrected chi connectivity index (χ2v) is 6.40. The van der Waals surface area contributed by atoms with E-state index in [1.54, 1.807) is 0 Å². The summed E-state index contributed by atoms with van der Waals surface area (Å²) >= 11 is 5.90. The molecule has 0 saturated heterocycles. The van der Waals surface area contributed by atoms with Gasteiger partial charge >= 0.3 is 0 Å². The van der Waals surface area contributed by atoms with Crippen LogP contribution in [-0.2, 0) is 6.42 Å². The van der Waals surface area contributed by atoms with E-state index in [-0.39, 0.29) is 0 Å². The largest absolute Gasteiger partial charge is 0.387 e. The van der Waals surface area contributed by atoms with E-state index in [0.717, 1.165) is 17.0 Å². The molecule has 0 aromatic heterocycles. The third kappa shape index (κ3) is 9.85. The number of amidine groups is 1. The molecule has 0 fully saturated rings. The number of benzene rings is 1. The van der Waals surface area contributed by atoms with Gasteiger partial charge in [-0.05, 0) is 50.5 Å². The summed E-state index contributed by atoms with van der Waals surface area (Å²) in [6, 6.07) is 7.84. The van der Waals surface area contributed by atoms with E-state index >= 15 is 0 Å². The molecule has 0 atom stereocenters. The highest BCUT2D eigenvalue weighted by molar-refractivity contribution is 6.30. The van der Waals surface area contributed by atoms with Crippen LogP contribution in [-0.4, -0.2) is 12.4 Å². The highest BCUT2D eigenvalue weighted by atomic mass is 35.5. The Morgan fingerprint density at radius 2 is 1.77 bits per heavy atom. The van der Waals surface area contributed by atoms with Gasteiger partial charge in [-0.3, -0.25) is 4.99 Å². The van der Waals surface area contributed by atoms with E-state index in [2.05, 4.69) is 36.2 Å². The lowest BCUT2D eigenvalue weighted by molar-refractivity contribution is 0.959. The normalized spacial score (nSPS) is 14.2. The molecule has 0 unspecified atom stereocenters. The zero-order valence-corrected chi connectivity index (χ0v) is 16.7. The van der Waals surface area contributed by atoms with Crippen LogP contribution in [0.15, 0.2) is 89.0 Å². The highest BCUT2D eigenvalue weighted by Gasteiger charge is 1.98. The molecule has 0 aliphatic carbocycles. The average molecular weight is 369 g/mol. The van der Waals surface area contributed by atoms with Crippen LogP contribution < -0.4 is 5.73 Å². The van der Waals surface area contributed by atoms with Gasteiger partial charge in [0.2, 0.25) is 0 Å². The second-order valence-electron chi connectivity index (χ2n) is 5.96. The molecule has 1 aromatic rings. The fraction of sp³-hybridized carbons (Fsp3) is 0.261. The van der Waals surface area contributed by atoms with Crippen molar-refractivity contribution in [2.45, 2.75) is 33.6 Å². The highest BCUT2D eigenvalue weighted by Crippen LogP contribution is 2.10. The van der Waals surface area contributed by atoms with Crippen molar-refractivity contribution in [2.75, 3.05) is 6.54 Å². The van der Waals surface area contributed by atoms with Crippen molar-refractivity contribution in [3.8, 4) is 0 Å². The molecule has 1 rings (SSSR count). The molecule has 0 radical (unpaired) electrons.